The van der Waals surface area contributed by atoms with Gasteiger partial charge in [-0.3, -0.25) is 0 Å². The highest BCUT2D eigenvalue weighted by Crippen LogP contribution is 2.26. The van der Waals surface area contributed by atoms with Crippen molar-refractivity contribution >= 4 is 17.3 Å². The molecule has 108 valence electrons. The van der Waals surface area contributed by atoms with Gasteiger partial charge in [-0.2, -0.15) is 0 Å². The third kappa shape index (κ3) is 5.72. The molecule has 1 atom stereocenters. The molecule has 0 aromatic heterocycles. The number of benzene rings is 1. The normalized spacial score (nSPS) is 12.5. The molecule has 1 rings (SSSR count). The van der Waals surface area contributed by atoms with E-state index < -0.39 is 17.7 Å². The molecule has 0 radical (unpaired) electrons. The fourth-order valence-corrected chi connectivity index (χ4v) is 1.72. The highest BCUT2D eigenvalue weighted by Gasteiger charge is 2.11. The second kappa shape index (κ2) is 8.30. The number of unbranched alkanes of at least 4 members (excludes halogenated alkanes) is 1. The molecule has 0 aliphatic rings. The zero-order valence-corrected chi connectivity index (χ0v) is 11.5. The zero-order valence-electron chi connectivity index (χ0n) is 10.8. The van der Waals surface area contributed by atoms with Gasteiger partial charge in [0, 0.05) is 19.2 Å². The number of aliphatic hydroxyl groups is 1. The van der Waals surface area contributed by atoms with Gasteiger partial charge in [-0.25, -0.2) is 8.78 Å². The van der Waals surface area contributed by atoms with Crippen molar-refractivity contribution in [2.45, 2.75) is 25.9 Å². The Hall–Kier alpha value is -0.910. The number of rotatable bonds is 8. The lowest BCUT2D eigenvalue weighted by molar-refractivity contribution is 0.0421. The summed E-state index contributed by atoms with van der Waals surface area (Å²) in [5.74, 6) is -1.53. The van der Waals surface area contributed by atoms with E-state index in [9.17, 15) is 13.9 Å². The van der Waals surface area contributed by atoms with Gasteiger partial charge in [0.25, 0.3) is 0 Å². The Morgan fingerprint density at radius 3 is 2.79 bits per heavy atom. The van der Waals surface area contributed by atoms with E-state index in [4.69, 9.17) is 16.3 Å². The molecule has 0 saturated heterocycles. The Bertz CT molecular complexity index is 381. The zero-order chi connectivity index (χ0) is 14.3. The molecule has 2 N–H and O–H groups in total. The number of ether oxygens (including phenoxy) is 1. The van der Waals surface area contributed by atoms with Gasteiger partial charge in [-0.1, -0.05) is 24.9 Å². The number of hydrogen-bond donors (Lipinski definition) is 2. The minimum absolute atomic E-state index is 0.0179. The maximum atomic E-state index is 13.4. The first-order valence-electron chi connectivity index (χ1n) is 6.18. The molecule has 0 aliphatic carbocycles. The molecular formula is C13H18ClF2NO2. The highest BCUT2D eigenvalue weighted by atomic mass is 35.5. The second-order valence-corrected chi connectivity index (χ2v) is 4.61. The second-order valence-electron chi connectivity index (χ2n) is 4.21. The Morgan fingerprint density at radius 1 is 1.42 bits per heavy atom. The van der Waals surface area contributed by atoms with Crippen molar-refractivity contribution < 1.29 is 18.6 Å². The van der Waals surface area contributed by atoms with Crippen LogP contribution in [0.15, 0.2) is 12.1 Å². The summed E-state index contributed by atoms with van der Waals surface area (Å²) in [6.45, 7) is 2.86. The summed E-state index contributed by atoms with van der Waals surface area (Å²) < 4.78 is 31.5. The molecule has 0 amide bonds. The Labute approximate surface area is 116 Å². The van der Waals surface area contributed by atoms with Crippen LogP contribution in [0.25, 0.3) is 0 Å². The average molecular weight is 294 g/mol. The average Bonchev–Trinajstić information content (AvgIpc) is 2.33. The van der Waals surface area contributed by atoms with Crippen LogP contribution in [0.2, 0.25) is 5.02 Å². The predicted molar refractivity (Wildman–Crippen MR) is 71.6 cm³/mol. The van der Waals surface area contributed by atoms with Crippen molar-refractivity contribution in [2.75, 3.05) is 25.1 Å². The van der Waals surface area contributed by atoms with Crippen molar-refractivity contribution in [3.63, 3.8) is 0 Å². The number of anilines is 1. The minimum atomic E-state index is -0.788. The molecule has 1 aromatic carbocycles. The van der Waals surface area contributed by atoms with Crippen LogP contribution >= 0.6 is 11.6 Å². The third-order valence-electron chi connectivity index (χ3n) is 2.47. The van der Waals surface area contributed by atoms with Crippen LogP contribution in [-0.4, -0.2) is 31.0 Å². The smallest absolute Gasteiger partial charge is 0.150 e. The number of nitrogens with one attached hydrogen (secondary N) is 1. The van der Waals surface area contributed by atoms with E-state index in [2.05, 4.69) is 5.32 Å². The van der Waals surface area contributed by atoms with Gasteiger partial charge in [0.1, 0.15) is 5.82 Å². The third-order valence-corrected chi connectivity index (χ3v) is 2.77. The van der Waals surface area contributed by atoms with E-state index in [1.807, 2.05) is 6.92 Å². The first-order valence-corrected chi connectivity index (χ1v) is 6.56. The molecule has 0 fully saturated rings. The van der Waals surface area contributed by atoms with Crippen LogP contribution in [0.4, 0.5) is 14.5 Å². The number of halogens is 3. The maximum Gasteiger partial charge on any atom is 0.150 e. The summed E-state index contributed by atoms with van der Waals surface area (Å²) in [6.07, 6.45) is 1.17. The van der Waals surface area contributed by atoms with Gasteiger partial charge in [0.05, 0.1) is 23.4 Å². The van der Waals surface area contributed by atoms with Gasteiger partial charge in [0.2, 0.25) is 0 Å². The summed E-state index contributed by atoms with van der Waals surface area (Å²) in [4.78, 5) is 0. The number of aliphatic hydroxyl groups excluding tert-OH is 1. The monoisotopic (exact) mass is 293 g/mol. The first kappa shape index (κ1) is 16.1. The van der Waals surface area contributed by atoms with E-state index in [1.165, 1.54) is 0 Å². The predicted octanol–water partition coefficient (Wildman–Crippen LogP) is 3.21. The van der Waals surface area contributed by atoms with Crippen molar-refractivity contribution in [3.8, 4) is 0 Å². The fourth-order valence-electron chi connectivity index (χ4n) is 1.46. The van der Waals surface area contributed by atoms with Crippen LogP contribution in [0, 0.1) is 11.6 Å². The van der Waals surface area contributed by atoms with Crippen molar-refractivity contribution in [1.82, 2.24) is 0 Å². The molecule has 0 bridgehead atoms. The van der Waals surface area contributed by atoms with E-state index in [0.29, 0.717) is 6.61 Å². The minimum Gasteiger partial charge on any atom is -0.389 e. The molecule has 3 nitrogen and oxygen atoms in total. The molecule has 19 heavy (non-hydrogen) atoms. The Kier molecular flexibility index (Phi) is 7.05. The summed E-state index contributed by atoms with van der Waals surface area (Å²) in [7, 11) is 0. The lowest BCUT2D eigenvalue weighted by atomic mass is 10.2. The van der Waals surface area contributed by atoms with E-state index in [-0.39, 0.29) is 23.9 Å². The Balaban J connectivity index is 2.40. The van der Waals surface area contributed by atoms with E-state index >= 15 is 0 Å². The summed E-state index contributed by atoms with van der Waals surface area (Å²) in [5, 5.41) is 12.2. The van der Waals surface area contributed by atoms with Gasteiger partial charge in [0.15, 0.2) is 5.82 Å². The first-order chi connectivity index (χ1) is 9.04. The van der Waals surface area contributed by atoms with Gasteiger partial charge in [-0.05, 0) is 12.5 Å². The van der Waals surface area contributed by atoms with Gasteiger partial charge < -0.3 is 15.2 Å². The molecule has 0 saturated carbocycles. The molecule has 0 aliphatic heterocycles. The standard InChI is InChI=1S/C13H18ClF2NO2/c1-2-3-4-19-8-10(18)7-17-13-11(14)5-9(15)6-12(13)16/h5-6,10,17-18H,2-4,7-8H2,1H3. The largest absolute Gasteiger partial charge is 0.389 e. The summed E-state index contributed by atoms with van der Waals surface area (Å²) in [6, 6.07) is 1.75. The lowest BCUT2D eigenvalue weighted by Gasteiger charge is -2.14. The Morgan fingerprint density at radius 2 is 2.16 bits per heavy atom. The quantitative estimate of drug-likeness (QED) is 0.723. The highest BCUT2D eigenvalue weighted by molar-refractivity contribution is 6.33. The molecule has 0 heterocycles. The fraction of sp³-hybridized carbons (Fsp3) is 0.538. The molecule has 6 heteroatoms. The molecule has 1 aromatic rings. The number of hydrogen-bond acceptors (Lipinski definition) is 3. The maximum absolute atomic E-state index is 13.4. The van der Waals surface area contributed by atoms with Gasteiger partial charge >= 0.3 is 0 Å². The van der Waals surface area contributed by atoms with Crippen LogP contribution in [0.1, 0.15) is 19.8 Å². The van der Waals surface area contributed by atoms with Crippen LogP contribution in [0.3, 0.4) is 0 Å². The topological polar surface area (TPSA) is 41.5 Å². The van der Waals surface area contributed by atoms with Crippen molar-refractivity contribution in [1.29, 1.82) is 0 Å². The SMILES string of the molecule is CCCCOCC(O)CNc1c(F)cc(F)cc1Cl. The van der Waals surface area contributed by atoms with Crippen molar-refractivity contribution in [2.24, 2.45) is 0 Å². The lowest BCUT2D eigenvalue weighted by Crippen LogP contribution is -2.25. The van der Waals surface area contributed by atoms with Crippen LogP contribution < -0.4 is 5.32 Å². The van der Waals surface area contributed by atoms with Crippen molar-refractivity contribution in [3.05, 3.63) is 28.8 Å². The summed E-state index contributed by atoms with van der Waals surface area (Å²) in [5.41, 5.74) is -0.0179. The molecular weight excluding hydrogens is 276 g/mol. The van der Waals surface area contributed by atoms with Crippen LogP contribution in [0.5, 0.6) is 0 Å². The van der Waals surface area contributed by atoms with Crippen LogP contribution in [-0.2, 0) is 4.74 Å². The van der Waals surface area contributed by atoms with E-state index in [0.717, 1.165) is 25.0 Å². The van der Waals surface area contributed by atoms with E-state index in [1.54, 1.807) is 0 Å². The summed E-state index contributed by atoms with van der Waals surface area (Å²) >= 11 is 5.71. The molecule has 0 spiro atoms. The molecule has 1 unspecified atom stereocenters. The van der Waals surface area contributed by atoms with Gasteiger partial charge in [-0.15, -0.1) is 0 Å².